The van der Waals surface area contributed by atoms with Gasteiger partial charge in [-0.2, -0.15) is 0 Å². The maximum absolute atomic E-state index is 12.2. The summed E-state index contributed by atoms with van der Waals surface area (Å²) in [5, 5.41) is 5.20. The van der Waals surface area contributed by atoms with E-state index in [0.717, 1.165) is 23.1 Å². The zero-order valence-electron chi connectivity index (χ0n) is 16.7. The first-order valence-corrected chi connectivity index (χ1v) is 9.25. The topological polar surface area (TPSA) is 84.5 Å². The summed E-state index contributed by atoms with van der Waals surface area (Å²) in [6.45, 7) is 7.09. The van der Waals surface area contributed by atoms with Crippen LogP contribution in [0.25, 0.3) is 0 Å². The Labute approximate surface area is 165 Å². The molecule has 0 heterocycles. The van der Waals surface area contributed by atoms with E-state index in [-0.39, 0.29) is 12.5 Å². The lowest BCUT2D eigenvalue weighted by Gasteiger charge is -2.14. The molecule has 6 nitrogen and oxygen atoms in total. The Morgan fingerprint density at radius 2 is 1.68 bits per heavy atom. The van der Waals surface area contributed by atoms with Gasteiger partial charge in [-0.25, -0.2) is 0 Å². The summed E-state index contributed by atoms with van der Waals surface area (Å²) < 4.78 is 5.09. The zero-order valence-corrected chi connectivity index (χ0v) is 16.7. The number of benzene rings is 2. The van der Waals surface area contributed by atoms with Gasteiger partial charge in [0.05, 0.1) is 0 Å². The maximum atomic E-state index is 12.2. The molecule has 0 saturated carbocycles. The van der Waals surface area contributed by atoms with Crippen molar-refractivity contribution in [1.82, 2.24) is 5.32 Å². The summed E-state index contributed by atoms with van der Waals surface area (Å²) in [7, 11) is 0. The van der Waals surface area contributed by atoms with Gasteiger partial charge in [-0.15, -0.1) is 0 Å². The van der Waals surface area contributed by atoms with Crippen LogP contribution in [0.1, 0.15) is 40.9 Å². The number of rotatable bonds is 7. The summed E-state index contributed by atoms with van der Waals surface area (Å²) >= 11 is 0. The highest BCUT2D eigenvalue weighted by molar-refractivity contribution is 5.97. The molecule has 2 amide bonds. The molecule has 148 valence electrons. The van der Waals surface area contributed by atoms with Crippen molar-refractivity contribution < 1.29 is 19.1 Å². The number of amides is 2. The van der Waals surface area contributed by atoms with Gasteiger partial charge in [-0.05, 0) is 68.1 Å². The highest BCUT2D eigenvalue weighted by Crippen LogP contribution is 2.11. The Bertz CT molecular complexity index is 859. The number of carbonyl (C=O) groups excluding carboxylic acids is 3. The average molecular weight is 382 g/mol. The van der Waals surface area contributed by atoms with Crippen molar-refractivity contribution in [2.45, 2.75) is 40.2 Å². The minimum atomic E-state index is -0.975. The first-order valence-electron chi connectivity index (χ1n) is 9.25. The second-order valence-electron chi connectivity index (χ2n) is 6.65. The van der Waals surface area contributed by atoms with E-state index >= 15 is 0 Å². The van der Waals surface area contributed by atoms with E-state index in [1.54, 1.807) is 24.3 Å². The lowest BCUT2D eigenvalue weighted by Crippen LogP contribution is -2.35. The molecule has 0 radical (unpaired) electrons. The monoisotopic (exact) mass is 382 g/mol. The van der Waals surface area contributed by atoms with E-state index in [2.05, 4.69) is 10.6 Å². The predicted molar refractivity (Wildman–Crippen MR) is 108 cm³/mol. The van der Waals surface area contributed by atoms with Crippen molar-refractivity contribution in [2.24, 2.45) is 0 Å². The lowest BCUT2D eigenvalue weighted by molar-refractivity contribution is -0.152. The minimum Gasteiger partial charge on any atom is -0.451 e. The molecule has 0 fully saturated rings. The van der Waals surface area contributed by atoms with E-state index in [4.69, 9.17) is 4.74 Å². The predicted octanol–water partition coefficient (Wildman–Crippen LogP) is 3.17. The second-order valence-corrected chi connectivity index (χ2v) is 6.65. The molecule has 0 aliphatic heterocycles. The summed E-state index contributed by atoms with van der Waals surface area (Å²) in [4.78, 5) is 36.2. The van der Waals surface area contributed by atoms with Crippen LogP contribution in [0, 0.1) is 13.8 Å². The molecule has 0 unspecified atom stereocenters. The number of hydrogen-bond acceptors (Lipinski definition) is 4. The van der Waals surface area contributed by atoms with E-state index in [1.807, 2.05) is 39.0 Å². The highest BCUT2D eigenvalue weighted by Gasteiger charge is 2.18. The smallest absolute Gasteiger partial charge is 0.326 e. The Kier molecular flexibility index (Phi) is 7.32. The molecule has 0 aliphatic carbocycles. The van der Waals surface area contributed by atoms with Gasteiger partial charge in [0.1, 0.15) is 6.54 Å². The quantitative estimate of drug-likeness (QED) is 0.721. The molecular formula is C22H26N2O4. The van der Waals surface area contributed by atoms with Gasteiger partial charge in [0, 0.05) is 11.3 Å². The normalized spacial score (nSPS) is 11.4. The van der Waals surface area contributed by atoms with E-state index in [9.17, 15) is 14.4 Å². The van der Waals surface area contributed by atoms with Crippen molar-refractivity contribution in [2.75, 3.05) is 11.9 Å². The summed E-state index contributed by atoms with van der Waals surface area (Å²) in [5.74, 6) is -1.48. The fourth-order valence-electron chi connectivity index (χ4n) is 2.50. The van der Waals surface area contributed by atoms with Crippen LogP contribution in [-0.4, -0.2) is 30.4 Å². The third kappa shape index (κ3) is 5.94. The van der Waals surface area contributed by atoms with E-state index < -0.39 is 18.0 Å². The van der Waals surface area contributed by atoms with Gasteiger partial charge in [0.25, 0.3) is 11.8 Å². The molecule has 28 heavy (non-hydrogen) atoms. The third-order valence-corrected chi connectivity index (χ3v) is 4.47. The molecule has 0 aromatic heterocycles. The Morgan fingerprint density at radius 3 is 2.29 bits per heavy atom. The van der Waals surface area contributed by atoms with Crippen LogP contribution < -0.4 is 10.6 Å². The van der Waals surface area contributed by atoms with Gasteiger partial charge >= 0.3 is 5.97 Å². The van der Waals surface area contributed by atoms with Crippen LogP contribution in [0.4, 0.5) is 5.69 Å². The summed E-state index contributed by atoms with van der Waals surface area (Å²) in [6.07, 6.45) is -0.0623. The van der Waals surface area contributed by atoms with Crippen LogP contribution >= 0.6 is 0 Å². The van der Waals surface area contributed by atoms with Gasteiger partial charge in [0.2, 0.25) is 0 Å². The van der Waals surface area contributed by atoms with Gasteiger partial charge in [-0.1, -0.05) is 25.1 Å². The van der Waals surface area contributed by atoms with Gasteiger partial charge in [-0.3, -0.25) is 14.4 Å². The molecule has 0 saturated heterocycles. The van der Waals surface area contributed by atoms with Crippen molar-refractivity contribution in [3.63, 3.8) is 0 Å². The Morgan fingerprint density at radius 1 is 1.00 bits per heavy atom. The van der Waals surface area contributed by atoms with Crippen LogP contribution in [0.3, 0.4) is 0 Å². The van der Waals surface area contributed by atoms with E-state index in [1.165, 1.54) is 6.92 Å². The summed E-state index contributed by atoms with van der Waals surface area (Å²) in [5.41, 5.74) is 4.34. The fourth-order valence-corrected chi connectivity index (χ4v) is 2.50. The standard InChI is InChI=1S/C22H26N2O4/c1-5-17-7-10-19(11-8-17)24-21(26)16(4)28-20(25)13-23-22(27)18-9-6-14(2)15(3)12-18/h6-12,16H,5,13H2,1-4H3,(H,23,27)(H,24,26)/t16-/m1/s1. The van der Waals surface area contributed by atoms with Crippen molar-refractivity contribution in [3.05, 3.63) is 64.7 Å². The summed E-state index contributed by atoms with van der Waals surface area (Å²) in [6, 6.07) is 12.8. The minimum absolute atomic E-state index is 0.311. The number of anilines is 1. The number of hydrogen-bond donors (Lipinski definition) is 2. The average Bonchev–Trinajstić information content (AvgIpc) is 2.68. The molecule has 2 aromatic carbocycles. The van der Waals surface area contributed by atoms with Crippen LogP contribution in [0.2, 0.25) is 0 Å². The molecule has 2 N–H and O–H groups in total. The number of esters is 1. The first-order chi connectivity index (χ1) is 13.3. The van der Waals surface area contributed by atoms with Crippen LogP contribution in [0.15, 0.2) is 42.5 Å². The van der Waals surface area contributed by atoms with Crippen molar-refractivity contribution in [1.29, 1.82) is 0 Å². The van der Waals surface area contributed by atoms with E-state index in [0.29, 0.717) is 11.3 Å². The SMILES string of the molecule is CCc1ccc(NC(=O)[C@@H](C)OC(=O)CNC(=O)c2ccc(C)c(C)c2)cc1. The maximum Gasteiger partial charge on any atom is 0.326 e. The van der Waals surface area contributed by atoms with Crippen molar-refractivity contribution in [3.8, 4) is 0 Å². The van der Waals surface area contributed by atoms with Gasteiger partial charge in [0.15, 0.2) is 6.10 Å². The zero-order chi connectivity index (χ0) is 20.7. The van der Waals surface area contributed by atoms with Crippen molar-refractivity contribution >= 4 is 23.5 Å². The molecule has 0 bridgehead atoms. The molecule has 6 heteroatoms. The number of nitrogens with one attached hydrogen (secondary N) is 2. The Hall–Kier alpha value is -3.15. The van der Waals surface area contributed by atoms with Crippen LogP contribution in [-0.2, 0) is 20.7 Å². The molecule has 2 rings (SSSR count). The molecular weight excluding hydrogens is 356 g/mol. The molecule has 0 spiro atoms. The molecule has 2 aromatic rings. The van der Waals surface area contributed by atoms with Crippen LogP contribution in [0.5, 0.6) is 0 Å². The fraction of sp³-hybridized carbons (Fsp3) is 0.318. The lowest BCUT2D eigenvalue weighted by atomic mass is 10.1. The molecule has 1 atom stereocenters. The highest BCUT2D eigenvalue weighted by atomic mass is 16.5. The first kappa shape index (κ1) is 21.2. The number of aryl methyl sites for hydroxylation is 3. The molecule has 0 aliphatic rings. The van der Waals surface area contributed by atoms with Gasteiger partial charge < -0.3 is 15.4 Å². The Balaban J connectivity index is 1.81. The third-order valence-electron chi connectivity index (χ3n) is 4.47. The second kappa shape index (κ2) is 9.69. The largest absolute Gasteiger partial charge is 0.451 e. The number of carbonyl (C=O) groups is 3. The number of ether oxygens (including phenoxy) is 1.